The summed E-state index contributed by atoms with van der Waals surface area (Å²) in [5.74, 6) is 0. The second kappa shape index (κ2) is 15.6. The van der Waals surface area contributed by atoms with Crippen molar-refractivity contribution in [3.05, 3.63) is 48.6 Å². The van der Waals surface area contributed by atoms with Gasteiger partial charge >= 0.3 is 0 Å². The largest absolute Gasteiger partial charge is 0.299 e. The fourth-order valence-corrected chi connectivity index (χ4v) is 1.58. The minimum atomic E-state index is 0.772. The van der Waals surface area contributed by atoms with Crippen molar-refractivity contribution in [1.29, 1.82) is 0 Å². The van der Waals surface area contributed by atoms with Crippen LogP contribution in [0.15, 0.2) is 48.6 Å². The Kier molecular flexibility index (Phi) is 14.4. The zero-order chi connectivity index (χ0) is 13.3. The summed E-state index contributed by atoms with van der Waals surface area (Å²) in [5.41, 5.74) is 0. The molecule has 0 aromatic heterocycles. The first-order valence-electron chi connectivity index (χ1n) is 7.02. The molecule has 0 saturated carbocycles. The van der Waals surface area contributed by atoms with Gasteiger partial charge in [0.1, 0.15) is 6.29 Å². The van der Waals surface area contributed by atoms with Gasteiger partial charge in [0.25, 0.3) is 0 Å². The molecule has 0 spiro atoms. The van der Waals surface area contributed by atoms with Crippen molar-refractivity contribution in [3.8, 4) is 0 Å². The van der Waals surface area contributed by atoms with Crippen molar-refractivity contribution in [2.75, 3.05) is 0 Å². The molecule has 0 aliphatic heterocycles. The molecule has 0 bridgehead atoms. The van der Waals surface area contributed by atoms with Gasteiger partial charge in [-0.1, -0.05) is 81.6 Å². The van der Waals surface area contributed by atoms with E-state index in [2.05, 4.69) is 19.1 Å². The van der Waals surface area contributed by atoms with E-state index in [1.54, 1.807) is 6.08 Å². The molecule has 1 nitrogen and oxygen atoms in total. The van der Waals surface area contributed by atoms with Gasteiger partial charge in [-0.2, -0.15) is 0 Å². The van der Waals surface area contributed by atoms with Crippen molar-refractivity contribution >= 4 is 6.29 Å². The number of unbranched alkanes of at least 4 members (excludes halogenated alkanes) is 6. The van der Waals surface area contributed by atoms with E-state index in [1.807, 2.05) is 24.3 Å². The molecular weight excluding hydrogens is 220 g/mol. The zero-order valence-electron chi connectivity index (χ0n) is 11.6. The van der Waals surface area contributed by atoms with Gasteiger partial charge in [0.2, 0.25) is 0 Å². The summed E-state index contributed by atoms with van der Waals surface area (Å²) >= 11 is 0. The molecule has 0 aliphatic carbocycles. The Labute approximate surface area is 112 Å². The molecule has 0 amide bonds. The van der Waals surface area contributed by atoms with Crippen LogP contribution >= 0.6 is 0 Å². The summed E-state index contributed by atoms with van der Waals surface area (Å²) in [6.07, 6.45) is 25.3. The second-order valence-electron chi connectivity index (χ2n) is 4.28. The van der Waals surface area contributed by atoms with Crippen molar-refractivity contribution in [2.24, 2.45) is 0 Å². The lowest BCUT2D eigenvalue weighted by atomic mass is 10.1. The van der Waals surface area contributed by atoms with Gasteiger partial charge in [0, 0.05) is 0 Å². The molecule has 0 heterocycles. The quantitative estimate of drug-likeness (QED) is 0.213. The normalized spacial score (nSPS) is 12.5. The summed E-state index contributed by atoms with van der Waals surface area (Å²) in [6, 6.07) is 0. The Bertz CT molecular complexity index is 282. The Balaban J connectivity index is 3.37. The minimum Gasteiger partial charge on any atom is -0.299 e. The molecule has 0 aromatic rings. The highest BCUT2D eigenvalue weighted by atomic mass is 16.1. The first-order valence-corrected chi connectivity index (χ1v) is 7.02. The van der Waals surface area contributed by atoms with E-state index >= 15 is 0 Å². The number of carbonyl (C=O) groups excluding carboxylic acids is 1. The standard InChI is InChI=1S/C17H26O/c1-2-3-4-5-6-7-8-9-10-11-12-13-14-15-16-17-18/h9-17H,2-8H2,1H3/b10-9+,12-11+,14-13+,16-15+. The van der Waals surface area contributed by atoms with Crippen molar-refractivity contribution in [3.63, 3.8) is 0 Å². The summed E-state index contributed by atoms with van der Waals surface area (Å²) < 4.78 is 0. The highest BCUT2D eigenvalue weighted by Gasteiger charge is 1.87. The van der Waals surface area contributed by atoms with Crippen LogP contribution in [0.1, 0.15) is 51.9 Å². The molecule has 0 aromatic carbocycles. The number of allylic oxidation sites excluding steroid dienone is 8. The highest BCUT2D eigenvalue weighted by Crippen LogP contribution is 2.07. The van der Waals surface area contributed by atoms with E-state index in [0.717, 1.165) is 6.29 Å². The third-order valence-corrected chi connectivity index (χ3v) is 2.61. The van der Waals surface area contributed by atoms with Gasteiger partial charge in [-0.25, -0.2) is 0 Å². The minimum absolute atomic E-state index is 0.772. The molecule has 0 rings (SSSR count). The number of aldehydes is 1. The van der Waals surface area contributed by atoms with E-state index < -0.39 is 0 Å². The van der Waals surface area contributed by atoms with Gasteiger partial charge in [-0.05, 0) is 18.9 Å². The molecule has 0 atom stereocenters. The van der Waals surface area contributed by atoms with Crippen LogP contribution in [0.2, 0.25) is 0 Å². The van der Waals surface area contributed by atoms with E-state index in [0.29, 0.717) is 0 Å². The third kappa shape index (κ3) is 14.6. The molecule has 0 fully saturated rings. The summed E-state index contributed by atoms with van der Waals surface area (Å²) in [6.45, 7) is 2.25. The lowest BCUT2D eigenvalue weighted by Gasteiger charge is -1.97. The maximum Gasteiger partial charge on any atom is 0.142 e. The fourth-order valence-electron chi connectivity index (χ4n) is 1.58. The SMILES string of the molecule is CCCCCCCC/C=C/C=C/C=C/C=C/C=O. The Morgan fingerprint density at radius 1 is 0.667 bits per heavy atom. The molecule has 18 heavy (non-hydrogen) atoms. The molecule has 0 radical (unpaired) electrons. The van der Waals surface area contributed by atoms with Crippen LogP contribution in [-0.2, 0) is 4.79 Å². The number of carbonyl (C=O) groups is 1. The maximum absolute atomic E-state index is 9.97. The lowest BCUT2D eigenvalue weighted by Crippen LogP contribution is -1.77. The Hall–Kier alpha value is -1.37. The van der Waals surface area contributed by atoms with Crippen LogP contribution in [0.25, 0.3) is 0 Å². The molecule has 0 N–H and O–H groups in total. The van der Waals surface area contributed by atoms with E-state index in [1.165, 1.54) is 51.0 Å². The summed E-state index contributed by atoms with van der Waals surface area (Å²) in [4.78, 5) is 9.97. The molecule has 0 aliphatic rings. The van der Waals surface area contributed by atoms with Crippen LogP contribution in [-0.4, -0.2) is 6.29 Å². The van der Waals surface area contributed by atoms with Crippen LogP contribution < -0.4 is 0 Å². The molecule has 0 unspecified atom stereocenters. The Morgan fingerprint density at radius 2 is 1.22 bits per heavy atom. The van der Waals surface area contributed by atoms with Crippen molar-refractivity contribution in [1.82, 2.24) is 0 Å². The molecule has 100 valence electrons. The van der Waals surface area contributed by atoms with E-state index in [9.17, 15) is 4.79 Å². The lowest BCUT2D eigenvalue weighted by molar-refractivity contribution is -0.104. The topological polar surface area (TPSA) is 17.1 Å². The summed E-state index contributed by atoms with van der Waals surface area (Å²) in [5, 5.41) is 0. The smallest absolute Gasteiger partial charge is 0.142 e. The van der Waals surface area contributed by atoms with Gasteiger partial charge in [-0.3, -0.25) is 4.79 Å². The monoisotopic (exact) mass is 246 g/mol. The highest BCUT2D eigenvalue weighted by molar-refractivity contribution is 5.65. The van der Waals surface area contributed by atoms with Gasteiger partial charge < -0.3 is 0 Å². The Morgan fingerprint density at radius 3 is 1.89 bits per heavy atom. The second-order valence-corrected chi connectivity index (χ2v) is 4.28. The number of hydrogen-bond acceptors (Lipinski definition) is 1. The molecule has 1 heteroatoms. The van der Waals surface area contributed by atoms with E-state index in [4.69, 9.17) is 0 Å². The number of rotatable bonds is 11. The molecular formula is C17H26O. The first kappa shape index (κ1) is 16.6. The predicted molar refractivity (Wildman–Crippen MR) is 80.6 cm³/mol. The van der Waals surface area contributed by atoms with Crippen LogP contribution in [0.3, 0.4) is 0 Å². The molecule has 0 saturated heterocycles. The van der Waals surface area contributed by atoms with Gasteiger partial charge in [0.05, 0.1) is 0 Å². The van der Waals surface area contributed by atoms with Crippen LogP contribution in [0.4, 0.5) is 0 Å². The maximum atomic E-state index is 9.97. The average Bonchev–Trinajstić information content (AvgIpc) is 2.39. The first-order chi connectivity index (χ1) is 8.91. The zero-order valence-corrected chi connectivity index (χ0v) is 11.6. The van der Waals surface area contributed by atoms with Gasteiger partial charge in [-0.15, -0.1) is 0 Å². The number of hydrogen-bond donors (Lipinski definition) is 0. The van der Waals surface area contributed by atoms with Crippen LogP contribution in [0, 0.1) is 0 Å². The predicted octanol–water partition coefficient (Wildman–Crippen LogP) is 5.16. The average molecular weight is 246 g/mol. The van der Waals surface area contributed by atoms with Gasteiger partial charge in [0.15, 0.2) is 0 Å². The fraction of sp³-hybridized carbons (Fsp3) is 0.471. The van der Waals surface area contributed by atoms with Crippen molar-refractivity contribution < 1.29 is 4.79 Å². The summed E-state index contributed by atoms with van der Waals surface area (Å²) in [7, 11) is 0. The van der Waals surface area contributed by atoms with Crippen LogP contribution in [0.5, 0.6) is 0 Å². The third-order valence-electron chi connectivity index (χ3n) is 2.61. The van der Waals surface area contributed by atoms with E-state index in [-0.39, 0.29) is 0 Å². The van der Waals surface area contributed by atoms with Crippen molar-refractivity contribution in [2.45, 2.75) is 51.9 Å².